The first-order chi connectivity index (χ1) is 10.5. The van der Waals surface area contributed by atoms with E-state index in [1.807, 2.05) is 24.3 Å². The lowest BCUT2D eigenvalue weighted by atomic mass is 10.1. The van der Waals surface area contributed by atoms with Crippen molar-refractivity contribution in [2.24, 2.45) is 5.73 Å². The minimum absolute atomic E-state index is 0.295. The zero-order valence-electron chi connectivity index (χ0n) is 11.9. The third-order valence-electron chi connectivity index (χ3n) is 3.11. The SMILES string of the molecule is NC(=O)c1cccc(OC(=O)CCCc2ccc(Cl)cc2)c1. The Balaban J connectivity index is 1.81. The van der Waals surface area contributed by atoms with Gasteiger partial charge in [-0.15, -0.1) is 0 Å². The summed E-state index contributed by atoms with van der Waals surface area (Å²) in [6.45, 7) is 0. The Bertz CT molecular complexity index is 668. The normalized spacial score (nSPS) is 10.2. The van der Waals surface area contributed by atoms with Crippen LogP contribution < -0.4 is 10.5 Å². The first-order valence-corrected chi connectivity index (χ1v) is 7.27. The molecule has 0 aliphatic carbocycles. The number of hydrogen-bond donors (Lipinski definition) is 1. The molecule has 0 aliphatic rings. The average Bonchev–Trinajstić information content (AvgIpc) is 2.49. The topological polar surface area (TPSA) is 69.4 Å². The molecule has 2 aromatic carbocycles. The number of primary amides is 1. The van der Waals surface area contributed by atoms with Crippen LogP contribution in [0.15, 0.2) is 48.5 Å². The number of carbonyl (C=O) groups is 2. The van der Waals surface area contributed by atoms with Crippen molar-refractivity contribution < 1.29 is 14.3 Å². The molecule has 0 heterocycles. The van der Waals surface area contributed by atoms with Crippen molar-refractivity contribution in [2.75, 3.05) is 0 Å². The summed E-state index contributed by atoms with van der Waals surface area (Å²) in [6.07, 6.45) is 1.74. The predicted molar refractivity (Wildman–Crippen MR) is 85.0 cm³/mol. The van der Waals surface area contributed by atoms with E-state index in [-0.39, 0.29) is 5.97 Å². The summed E-state index contributed by atoms with van der Waals surface area (Å²) >= 11 is 5.81. The Morgan fingerprint density at radius 3 is 2.50 bits per heavy atom. The van der Waals surface area contributed by atoms with E-state index in [9.17, 15) is 9.59 Å². The molecule has 0 unspecified atom stereocenters. The van der Waals surface area contributed by atoms with Gasteiger partial charge in [0, 0.05) is 17.0 Å². The van der Waals surface area contributed by atoms with Gasteiger partial charge in [0.25, 0.3) is 0 Å². The maximum Gasteiger partial charge on any atom is 0.311 e. The highest BCUT2D eigenvalue weighted by Gasteiger charge is 2.07. The van der Waals surface area contributed by atoms with Gasteiger partial charge in [0.15, 0.2) is 0 Å². The molecule has 0 aliphatic heterocycles. The van der Waals surface area contributed by atoms with E-state index in [2.05, 4.69) is 0 Å². The molecule has 2 N–H and O–H groups in total. The Hall–Kier alpha value is -2.33. The fraction of sp³-hybridized carbons (Fsp3) is 0.176. The van der Waals surface area contributed by atoms with E-state index in [0.29, 0.717) is 29.2 Å². The molecule has 2 aromatic rings. The zero-order chi connectivity index (χ0) is 15.9. The number of halogens is 1. The van der Waals surface area contributed by atoms with Crippen LogP contribution in [0.1, 0.15) is 28.8 Å². The molecule has 0 radical (unpaired) electrons. The van der Waals surface area contributed by atoms with Crippen LogP contribution in [0.2, 0.25) is 5.02 Å². The Morgan fingerprint density at radius 2 is 1.82 bits per heavy atom. The molecule has 0 saturated heterocycles. The first kappa shape index (κ1) is 16.0. The number of rotatable bonds is 6. The van der Waals surface area contributed by atoms with Crippen molar-refractivity contribution in [1.29, 1.82) is 0 Å². The highest BCUT2D eigenvalue weighted by molar-refractivity contribution is 6.30. The number of esters is 1. The molecular formula is C17H16ClNO3. The lowest BCUT2D eigenvalue weighted by Gasteiger charge is -2.05. The fourth-order valence-electron chi connectivity index (χ4n) is 1.98. The largest absolute Gasteiger partial charge is 0.427 e. The molecule has 0 spiro atoms. The van der Waals surface area contributed by atoms with Gasteiger partial charge in [-0.2, -0.15) is 0 Å². The van der Waals surface area contributed by atoms with E-state index < -0.39 is 5.91 Å². The van der Waals surface area contributed by atoms with Gasteiger partial charge in [0.05, 0.1) is 0 Å². The molecule has 0 fully saturated rings. The molecule has 5 heteroatoms. The highest BCUT2D eigenvalue weighted by atomic mass is 35.5. The van der Waals surface area contributed by atoms with E-state index in [1.165, 1.54) is 6.07 Å². The van der Waals surface area contributed by atoms with Crippen LogP contribution in [0.5, 0.6) is 5.75 Å². The molecule has 0 saturated carbocycles. The molecule has 22 heavy (non-hydrogen) atoms. The zero-order valence-corrected chi connectivity index (χ0v) is 12.7. The van der Waals surface area contributed by atoms with Gasteiger partial charge in [-0.3, -0.25) is 9.59 Å². The molecule has 1 amide bonds. The molecule has 0 bridgehead atoms. The lowest BCUT2D eigenvalue weighted by molar-refractivity contribution is -0.134. The van der Waals surface area contributed by atoms with Crippen molar-refractivity contribution in [1.82, 2.24) is 0 Å². The smallest absolute Gasteiger partial charge is 0.311 e. The predicted octanol–water partition coefficient (Wildman–Crippen LogP) is 3.37. The van der Waals surface area contributed by atoms with Crippen LogP contribution in [0.4, 0.5) is 0 Å². The van der Waals surface area contributed by atoms with E-state index in [0.717, 1.165) is 12.0 Å². The van der Waals surface area contributed by atoms with Crippen molar-refractivity contribution in [3.8, 4) is 5.75 Å². The highest BCUT2D eigenvalue weighted by Crippen LogP contribution is 2.15. The van der Waals surface area contributed by atoms with Crippen LogP contribution in [0.3, 0.4) is 0 Å². The number of ether oxygens (including phenoxy) is 1. The molecule has 0 atom stereocenters. The van der Waals surface area contributed by atoms with E-state index >= 15 is 0 Å². The van der Waals surface area contributed by atoms with Crippen molar-refractivity contribution >= 4 is 23.5 Å². The molecule has 0 aromatic heterocycles. The van der Waals surface area contributed by atoms with Crippen molar-refractivity contribution in [3.63, 3.8) is 0 Å². The number of aryl methyl sites for hydroxylation is 1. The van der Waals surface area contributed by atoms with Crippen LogP contribution in [0, 0.1) is 0 Å². The monoisotopic (exact) mass is 317 g/mol. The van der Waals surface area contributed by atoms with Gasteiger partial charge >= 0.3 is 5.97 Å². The lowest BCUT2D eigenvalue weighted by Crippen LogP contribution is -2.12. The summed E-state index contributed by atoms with van der Waals surface area (Å²) in [4.78, 5) is 22.8. The van der Waals surface area contributed by atoms with Crippen LogP contribution in [0.25, 0.3) is 0 Å². The molecule has 4 nitrogen and oxygen atoms in total. The second-order valence-electron chi connectivity index (χ2n) is 4.85. The summed E-state index contributed by atoms with van der Waals surface area (Å²) in [5, 5.41) is 0.692. The molecular weight excluding hydrogens is 302 g/mol. The van der Waals surface area contributed by atoms with Gasteiger partial charge < -0.3 is 10.5 Å². The third kappa shape index (κ3) is 4.90. The van der Waals surface area contributed by atoms with Gasteiger partial charge in [0.2, 0.25) is 5.91 Å². The number of carbonyl (C=O) groups excluding carboxylic acids is 2. The number of hydrogen-bond acceptors (Lipinski definition) is 3. The second-order valence-corrected chi connectivity index (χ2v) is 5.28. The average molecular weight is 318 g/mol. The quantitative estimate of drug-likeness (QED) is 0.656. The van der Waals surface area contributed by atoms with Gasteiger partial charge in [-0.05, 0) is 48.7 Å². The maximum atomic E-state index is 11.8. The summed E-state index contributed by atoms with van der Waals surface area (Å²) in [5.41, 5.74) is 6.61. The minimum atomic E-state index is -0.555. The molecule has 2 rings (SSSR count). The van der Waals surface area contributed by atoms with Crippen LogP contribution in [-0.4, -0.2) is 11.9 Å². The summed E-state index contributed by atoms with van der Waals surface area (Å²) in [7, 11) is 0. The number of amides is 1. The Kier molecular flexibility index (Phi) is 5.55. The van der Waals surface area contributed by atoms with Crippen molar-refractivity contribution in [2.45, 2.75) is 19.3 Å². The minimum Gasteiger partial charge on any atom is -0.427 e. The number of nitrogens with two attached hydrogens (primary N) is 1. The fourth-order valence-corrected chi connectivity index (χ4v) is 2.11. The summed E-state index contributed by atoms with van der Waals surface area (Å²) < 4.78 is 5.19. The van der Waals surface area contributed by atoms with Gasteiger partial charge in [0.1, 0.15) is 5.75 Å². The summed E-state index contributed by atoms with van der Waals surface area (Å²) in [6, 6.07) is 13.8. The van der Waals surface area contributed by atoms with E-state index in [1.54, 1.807) is 18.2 Å². The standard InChI is InChI=1S/C17H16ClNO3/c18-14-9-7-12(8-10-14)3-1-6-16(20)22-15-5-2-4-13(11-15)17(19)21/h2,4-5,7-11H,1,3,6H2,(H2,19,21). The molecule has 114 valence electrons. The maximum absolute atomic E-state index is 11.8. The second kappa shape index (κ2) is 7.61. The first-order valence-electron chi connectivity index (χ1n) is 6.89. The Labute approximate surface area is 133 Å². The number of benzene rings is 2. The Morgan fingerprint density at radius 1 is 1.09 bits per heavy atom. The van der Waals surface area contributed by atoms with Gasteiger partial charge in [-0.25, -0.2) is 0 Å². The van der Waals surface area contributed by atoms with Crippen molar-refractivity contribution in [3.05, 3.63) is 64.7 Å². The van der Waals surface area contributed by atoms with E-state index in [4.69, 9.17) is 22.1 Å². The summed E-state index contributed by atoms with van der Waals surface area (Å²) in [5.74, 6) is -0.566. The van der Waals surface area contributed by atoms with Crippen LogP contribution >= 0.6 is 11.6 Å². The van der Waals surface area contributed by atoms with Crippen LogP contribution in [-0.2, 0) is 11.2 Å². The van der Waals surface area contributed by atoms with Gasteiger partial charge in [-0.1, -0.05) is 29.8 Å². The third-order valence-corrected chi connectivity index (χ3v) is 3.36.